The molecule has 0 bridgehead atoms. The molecule has 0 saturated carbocycles. The van der Waals surface area contributed by atoms with Gasteiger partial charge in [-0.25, -0.2) is 4.99 Å². The van der Waals surface area contributed by atoms with Gasteiger partial charge in [0.2, 0.25) is 11.8 Å². The van der Waals surface area contributed by atoms with Crippen LogP contribution in [0.1, 0.15) is 23.6 Å². The number of guanidine groups is 1. The Morgan fingerprint density at radius 1 is 1.13 bits per heavy atom. The quantitative estimate of drug-likeness (QED) is 0.542. The highest BCUT2D eigenvalue weighted by Crippen LogP contribution is 2.27. The number of nitrogens with two attached hydrogens (primary N) is 1. The molecule has 0 unspecified atom stereocenters. The van der Waals surface area contributed by atoms with Crippen LogP contribution in [0.2, 0.25) is 0 Å². The standard InChI is InChI=1S/C23H28N4O4/c1-15(22(29)27-11-10-17-6-4-5-7-18(17)14-27)25-23(24)26-21(28)13-16-8-9-19(30-2)20(12-16)31-3/h4-9,12,15H,10-11,13-14H2,1-3H3,(H3,24,25,26,28)/t15-/m1/s1. The lowest BCUT2D eigenvalue weighted by molar-refractivity contribution is -0.133. The van der Waals surface area contributed by atoms with Crippen LogP contribution in [0.15, 0.2) is 47.5 Å². The molecule has 31 heavy (non-hydrogen) atoms. The highest BCUT2D eigenvalue weighted by atomic mass is 16.5. The van der Waals surface area contributed by atoms with Crippen LogP contribution in [0.5, 0.6) is 11.5 Å². The van der Waals surface area contributed by atoms with Crippen LogP contribution in [0.3, 0.4) is 0 Å². The monoisotopic (exact) mass is 424 g/mol. The van der Waals surface area contributed by atoms with Crippen molar-refractivity contribution >= 4 is 17.8 Å². The fourth-order valence-corrected chi connectivity index (χ4v) is 3.61. The van der Waals surface area contributed by atoms with Crippen LogP contribution < -0.4 is 20.5 Å². The minimum atomic E-state index is -0.688. The number of hydrogen-bond donors (Lipinski definition) is 2. The zero-order valence-corrected chi connectivity index (χ0v) is 18.1. The Morgan fingerprint density at radius 3 is 2.55 bits per heavy atom. The molecule has 3 N–H and O–H groups in total. The van der Waals surface area contributed by atoms with Gasteiger partial charge in [-0.15, -0.1) is 0 Å². The fourth-order valence-electron chi connectivity index (χ4n) is 3.61. The number of benzene rings is 2. The van der Waals surface area contributed by atoms with E-state index < -0.39 is 6.04 Å². The highest BCUT2D eigenvalue weighted by molar-refractivity contribution is 5.98. The smallest absolute Gasteiger partial charge is 0.247 e. The van der Waals surface area contributed by atoms with Gasteiger partial charge in [-0.1, -0.05) is 30.3 Å². The number of nitrogens with zero attached hydrogens (tertiary/aromatic N) is 2. The summed E-state index contributed by atoms with van der Waals surface area (Å²) in [4.78, 5) is 31.1. The van der Waals surface area contributed by atoms with Crippen molar-refractivity contribution in [2.45, 2.75) is 32.4 Å². The Labute approximate surface area is 182 Å². The summed E-state index contributed by atoms with van der Waals surface area (Å²) in [5, 5.41) is 2.54. The number of rotatable bonds is 6. The summed E-state index contributed by atoms with van der Waals surface area (Å²) in [6.45, 7) is 2.87. The first-order valence-electron chi connectivity index (χ1n) is 10.1. The lowest BCUT2D eigenvalue weighted by Gasteiger charge is -2.30. The molecule has 1 atom stereocenters. The lowest BCUT2D eigenvalue weighted by atomic mass is 9.99. The average Bonchev–Trinajstić information content (AvgIpc) is 2.77. The number of ether oxygens (including phenoxy) is 2. The van der Waals surface area contributed by atoms with Crippen LogP contribution in [0.4, 0.5) is 0 Å². The predicted octanol–water partition coefficient (Wildman–Crippen LogP) is 1.65. The number of methoxy groups -OCH3 is 2. The third-order valence-electron chi connectivity index (χ3n) is 5.21. The van der Waals surface area contributed by atoms with Gasteiger partial charge in [0.15, 0.2) is 17.5 Å². The van der Waals surface area contributed by atoms with Crippen molar-refractivity contribution in [1.29, 1.82) is 0 Å². The summed E-state index contributed by atoms with van der Waals surface area (Å²) in [6.07, 6.45) is 0.900. The Hall–Kier alpha value is -3.55. The minimum Gasteiger partial charge on any atom is -0.493 e. The molecule has 0 aliphatic carbocycles. The van der Waals surface area contributed by atoms with E-state index in [-0.39, 0.29) is 24.2 Å². The molecule has 164 valence electrons. The van der Waals surface area contributed by atoms with Crippen LogP contribution in [-0.4, -0.2) is 49.5 Å². The second-order valence-corrected chi connectivity index (χ2v) is 7.38. The molecule has 2 aromatic carbocycles. The number of nitrogens with one attached hydrogen (secondary N) is 1. The summed E-state index contributed by atoms with van der Waals surface area (Å²) in [6, 6.07) is 12.6. The molecule has 1 aliphatic heterocycles. The SMILES string of the molecule is COc1ccc(CC(=O)NC(N)=N[C@H](C)C(=O)N2CCc3ccccc3C2)cc1OC. The van der Waals surface area contributed by atoms with Crippen molar-refractivity contribution < 1.29 is 19.1 Å². The Kier molecular flexibility index (Phi) is 7.12. The number of hydrogen-bond acceptors (Lipinski definition) is 5. The van der Waals surface area contributed by atoms with E-state index in [1.165, 1.54) is 12.7 Å². The van der Waals surface area contributed by atoms with E-state index in [0.717, 1.165) is 17.5 Å². The number of aliphatic imine (C=N–C) groups is 1. The predicted molar refractivity (Wildman–Crippen MR) is 118 cm³/mol. The number of carbonyl (C=O) groups is 2. The molecule has 0 fully saturated rings. The molecule has 8 nitrogen and oxygen atoms in total. The third kappa shape index (κ3) is 5.53. The summed E-state index contributed by atoms with van der Waals surface area (Å²) in [7, 11) is 3.08. The van der Waals surface area contributed by atoms with Crippen molar-refractivity contribution in [2.75, 3.05) is 20.8 Å². The number of amides is 2. The van der Waals surface area contributed by atoms with Crippen molar-refractivity contribution in [2.24, 2.45) is 10.7 Å². The Morgan fingerprint density at radius 2 is 1.84 bits per heavy atom. The molecule has 8 heteroatoms. The molecular formula is C23H28N4O4. The maximum atomic E-state index is 12.8. The van der Waals surface area contributed by atoms with E-state index >= 15 is 0 Å². The van der Waals surface area contributed by atoms with Gasteiger partial charge < -0.3 is 20.1 Å². The van der Waals surface area contributed by atoms with E-state index in [4.69, 9.17) is 15.2 Å². The zero-order chi connectivity index (χ0) is 22.4. The minimum absolute atomic E-state index is 0.0799. The molecule has 2 amide bonds. The maximum absolute atomic E-state index is 12.8. The second-order valence-electron chi connectivity index (χ2n) is 7.38. The van der Waals surface area contributed by atoms with Crippen LogP contribution in [-0.2, 0) is 29.0 Å². The van der Waals surface area contributed by atoms with Crippen molar-refractivity contribution in [3.05, 3.63) is 59.2 Å². The zero-order valence-electron chi connectivity index (χ0n) is 18.1. The highest BCUT2D eigenvalue weighted by Gasteiger charge is 2.24. The molecule has 1 heterocycles. The van der Waals surface area contributed by atoms with Gasteiger partial charge >= 0.3 is 0 Å². The van der Waals surface area contributed by atoms with Gasteiger partial charge in [0.05, 0.1) is 20.6 Å². The van der Waals surface area contributed by atoms with E-state index in [1.54, 1.807) is 37.1 Å². The third-order valence-corrected chi connectivity index (χ3v) is 5.21. The molecule has 2 aromatic rings. The summed E-state index contributed by atoms with van der Waals surface area (Å²) < 4.78 is 10.4. The molecule has 0 aromatic heterocycles. The first kappa shape index (κ1) is 22.1. The molecule has 3 rings (SSSR count). The van der Waals surface area contributed by atoms with Gasteiger partial charge in [0.25, 0.3) is 0 Å². The van der Waals surface area contributed by atoms with E-state index in [0.29, 0.717) is 24.6 Å². The van der Waals surface area contributed by atoms with Crippen LogP contribution in [0, 0.1) is 0 Å². The second kappa shape index (κ2) is 9.97. The van der Waals surface area contributed by atoms with Crippen LogP contribution >= 0.6 is 0 Å². The first-order chi connectivity index (χ1) is 14.9. The molecule has 0 radical (unpaired) electrons. The number of carbonyl (C=O) groups excluding carboxylic acids is 2. The largest absolute Gasteiger partial charge is 0.493 e. The van der Waals surface area contributed by atoms with E-state index in [9.17, 15) is 9.59 Å². The van der Waals surface area contributed by atoms with Crippen molar-refractivity contribution in [1.82, 2.24) is 10.2 Å². The van der Waals surface area contributed by atoms with Gasteiger partial charge in [-0.3, -0.25) is 14.9 Å². The maximum Gasteiger partial charge on any atom is 0.247 e. The summed E-state index contributed by atoms with van der Waals surface area (Å²) >= 11 is 0. The van der Waals surface area contributed by atoms with Gasteiger partial charge in [0.1, 0.15) is 6.04 Å². The topological polar surface area (TPSA) is 106 Å². The van der Waals surface area contributed by atoms with Crippen LogP contribution in [0.25, 0.3) is 0 Å². The Balaban J connectivity index is 1.57. The normalized spacial score (nSPS) is 14.4. The van der Waals surface area contributed by atoms with Crippen molar-refractivity contribution in [3.8, 4) is 11.5 Å². The van der Waals surface area contributed by atoms with Gasteiger partial charge in [-0.2, -0.15) is 0 Å². The first-order valence-corrected chi connectivity index (χ1v) is 10.1. The molecule has 0 saturated heterocycles. The Bertz CT molecular complexity index is 989. The van der Waals surface area contributed by atoms with E-state index in [1.807, 2.05) is 18.2 Å². The molecule has 0 spiro atoms. The number of fused-ring (bicyclic) bond motifs is 1. The average molecular weight is 425 g/mol. The summed E-state index contributed by atoms with van der Waals surface area (Å²) in [5.74, 6) is 0.590. The molecule has 1 aliphatic rings. The lowest BCUT2D eigenvalue weighted by Crippen LogP contribution is -2.43. The fraction of sp³-hybridized carbons (Fsp3) is 0.348. The van der Waals surface area contributed by atoms with Gasteiger partial charge in [-0.05, 0) is 42.2 Å². The molecular weight excluding hydrogens is 396 g/mol. The van der Waals surface area contributed by atoms with Crippen molar-refractivity contribution in [3.63, 3.8) is 0 Å². The van der Waals surface area contributed by atoms with E-state index in [2.05, 4.69) is 16.4 Å². The summed E-state index contributed by atoms with van der Waals surface area (Å²) in [5.41, 5.74) is 9.03. The van der Waals surface area contributed by atoms with Gasteiger partial charge in [0, 0.05) is 13.1 Å².